The molecule has 15 heavy (non-hydrogen) atoms. The summed E-state index contributed by atoms with van der Waals surface area (Å²) in [6, 6.07) is 12.0. The highest BCUT2D eigenvalue weighted by Crippen LogP contribution is 2.31. The summed E-state index contributed by atoms with van der Waals surface area (Å²) in [5.74, 6) is -0.613. The van der Waals surface area contributed by atoms with E-state index in [4.69, 9.17) is 10.5 Å². The van der Waals surface area contributed by atoms with Crippen molar-refractivity contribution in [3.63, 3.8) is 0 Å². The van der Waals surface area contributed by atoms with Crippen molar-refractivity contribution < 1.29 is 0 Å². The van der Waals surface area contributed by atoms with E-state index in [1.54, 1.807) is 0 Å². The maximum Gasteiger partial charge on any atom is 0.142 e. The Bertz CT molecular complexity index is 406. The quantitative estimate of drug-likeness (QED) is 0.787. The first-order chi connectivity index (χ1) is 7.02. The zero-order valence-electron chi connectivity index (χ0n) is 8.66. The van der Waals surface area contributed by atoms with Crippen LogP contribution < -0.4 is 0 Å². The van der Waals surface area contributed by atoms with Crippen LogP contribution in [-0.4, -0.2) is 0 Å². The Labute approximate surface area is 104 Å². The van der Waals surface area contributed by atoms with E-state index in [0.717, 1.165) is 9.13 Å². The molecule has 0 aliphatic heterocycles. The summed E-state index contributed by atoms with van der Waals surface area (Å²) < 4.78 is 1.15. The van der Waals surface area contributed by atoms with Crippen LogP contribution in [0.4, 0.5) is 0 Å². The van der Waals surface area contributed by atoms with Crippen LogP contribution in [0.5, 0.6) is 0 Å². The van der Waals surface area contributed by atoms with Crippen LogP contribution in [0, 0.1) is 32.2 Å². The molecule has 0 aliphatic carbocycles. The highest BCUT2D eigenvalue weighted by atomic mass is 127. The highest BCUT2D eigenvalue weighted by Gasteiger charge is 2.31. The minimum Gasteiger partial charge on any atom is -0.197 e. The first-order valence-corrected chi connectivity index (χ1v) is 5.65. The Kier molecular flexibility index (Phi) is 3.71. The maximum absolute atomic E-state index is 8.90. The number of halogens is 1. The van der Waals surface area contributed by atoms with Crippen molar-refractivity contribution in [3.05, 3.63) is 33.4 Å². The summed E-state index contributed by atoms with van der Waals surface area (Å²) in [6.45, 7) is 3.85. The second-order valence-electron chi connectivity index (χ2n) is 3.92. The highest BCUT2D eigenvalue weighted by molar-refractivity contribution is 14.1. The van der Waals surface area contributed by atoms with Gasteiger partial charge in [0.25, 0.3) is 0 Å². The molecular weight excluding hydrogens is 299 g/mol. The van der Waals surface area contributed by atoms with Crippen LogP contribution in [0.3, 0.4) is 0 Å². The Morgan fingerprint density at radius 3 is 2.00 bits per heavy atom. The van der Waals surface area contributed by atoms with Gasteiger partial charge >= 0.3 is 0 Å². The topological polar surface area (TPSA) is 47.6 Å². The van der Waals surface area contributed by atoms with Crippen molar-refractivity contribution in [2.45, 2.75) is 19.3 Å². The van der Waals surface area contributed by atoms with Gasteiger partial charge in [-0.25, -0.2) is 0 Å². The number of nitrogens with zero attached hydrogens (tertiary/aromatic N) is 2. The lowest BCUT2D eigenvalue weighted by atomic mass is 9.75. The van der Waals surface area contributed by atoms with Crippen LogP contribution in [0.15, 0.2) is 24.3 Å². The number of rotatable bonds is 2. The molecule has 2 nitrogen and oxygen atoms in total. The van der Waals surface area contributed by atoms with Gasteiger partial charge < -0.3 is 0 Å². The fourth-order valence-corrected chi connectivity index (χ4v) is 1.76. The third-order valence-corrected chi connectivity index (χ3v) is 3.29. The summed E-state index contributed by atoms with van der Waals surface area (Å²) in [6.07, 6.45) is 0. The molecule has 0 heterocycles. The molecule has 0 atom stereocenters. The third-order valence-electron chi connectivity index (χ3n) is 2.57. The zero-order chi connectivity index (χ0) is 11.5. The second kappa shape index (κ2) is 4.63. The molecule has 0 bridgehead atoms. The molecular formula is C12H11IN2. The maximum atomic E-state index is 8.90. The van der Waals surface area contributed by atoms with E-state index in [9.17, 15) is 0 Å². The third kappa shape index (κ3) is 2.49. The number of benzene rings is 1. The lowest BCUT2D eigenvalue weighted by Crippen LogP contribution is -2.26. The monoisotopic (exact) mass is 310 g/mol. The van der Waals surface area contributed by atoms with Crippen molar-refractivity contribution in [3.8, 4) is 12.1 Å². The van der Waals surface area contributed by atoms with E-state index < -0.39 is 11.3 Å². The first kappa shape index (κ1) is 12.0. The summed E-state index contributed by atoms with van der Waals surface area (Å²) in [7, 11) is 0. The minimum absolute atomic E-state index is 0.423. The van der Waals surface area contributed by atoms with Crippen molar-refractivity contribution in [1.29, 1.82) is 10.5 Å². The molecule has 0 amide bonds. The summed E-state index contributed by atoms with van der Waals surface area (Å²) >= 11 is 2.23. The van der Waals surface area contributed by atoms with Crippen LogP contribution in [-0.2, 0) is 5.41 Å². The SMILES string of the molecule is CC(C)(c1ccc(I)cc1)C(C#N)C#N. The number of hydrogen-bond acceptors (Lipinski definition) is 2. The van der Waals surface area contributed by atoms with E-state index in [-0.39, 0.29) is 0 Å². The second-order valence-corrected chi connectivity index (χ2v) is 5.17. The Balaban J connectivity index is 3.12. The summed E-state index contributed by atoms with van der Waals surface area (Å²) in [5, 5.41) is 17.8. The average Bonchev–Trinajstić information content (AvgIpc) is 2.19. The van der Waals surface area contributed by atoms with E-state index in [1.807, 2.05) is 50.3 Å². The predicted molar refractivity (Wildman–Crippen MR) is 66.9 cm³/mol. The number of nitriles is 2. The van der Waals surface area contributed by atoms with Crippen LogP contribution >= 0.6 is 22.6 Å². The van der Waals surface area contributed by atoms with Crippen LogP contribution in [0.1, 0.15) is 19.4 Å². The van der Waals surface area contributed by atoms with Crippen molar-refractivity contribution in [1.82, 2.24) is 0 Å². The smallest absolute Gasteiger partial charge is 0.142 e. The van der Waals surface area contributed by atoms with Crippen molar-refractivity contribution in [2.24, 2.45) is 5.92 Å². The van der Waals surface area contributed by atoms with Crippen LogP contribution in [0.2, 0.25) is 0 Å². The minimum atomic E-state index is -0.613. The lowest BCUT2D eigenvalue weighted by molar-refractivity contribution is 0.460. The van der Waals surface area contributed by atoms with E-state index in [2.05, 4.69) is 22.6 Å². The average molecular weight is 310 g/mol. The van der Waals surface area contributed by atoms with Gasteiger partial charge in [-0.2, -0.15) is 10.5 Å². The summed E-state index contributed by atoms with van der Waals surface area (Å²) in [4.78, 5) is 0. The van der Waals surface area contributed by atoms with E-state index >= 15 is 0 Å². The molecule has 0 radical (unpaired) electrons. The molecule has 0 saturated carbocycles. The zero-order valence-corrected chi connectivity index (χ0v) is 10.8. The molecule has 1 aromatic rings. The molecule has 0 aliphatic rings. The molecule has 76 valence electrons. The largest absolute Gasteiger partial charge is 0.197 e. The van der Waals surface area contributed by atoms with Gasteiger partial charge in [0.1, 0.15) is 5.92 Å². The fraction of sp³-hybridized carbons (Fsp3) is 0.333. The molecule has 1 aromatic carbocycles. The molecule has 0 saturated heterocycles. The van der Waals surface area contributed by atoms with Gasteiger partial charge in [0, 0.05) is 8.99 Å². The van der Waals surface area contributed by atoms with Crippen molar-refractivity contribution >= 4 is 22.6 Å². The Morgan fingerprint density at radius 2 is 1.60 bits per heavy atom. The van der Waals surface area contributed by atoms with Gasteiger partial charge in [0.15, 0.2) is 0 Å². The van der Waals surface area contributed by atoms with Gasteiger partial charge in [0.05, 0.1) is 12.1 Å². The molecule has 0 aromatic heterocycles. The number of hydrogen-bond donors (Lipinski definition) is 0. The normalized spacial score (nSPS) is 10.8. The van der Waals surface area contributed by atoms with Gasteiger partial charge in [-0.15, -0.1) is 0 Å². The van der Waals surface area contributed by atoms with Gasteiger partial charge in [0.2, 0.25) is 0 Å². The van der Waals surface area contributed by atoms with E-state index in [0.29, 0.717) is 0 Å². The molecule has 0 fully saturated rings. The van der Waals surface area contributed by atoms with Gasteiger partial charge in [-0.05, 0) is 40.3 Å². The van der Waals surface area contributed by atoms with Gasteiger partial charge in [-0.3, -0.25) is 0 Å². The molecule has 0 unspecified atom stereocenters. The fourth-order valence-electron chi connectivity index (χ4n) is 1.40. The molecule has 1 rings (SSSR count). The standard InChI is InChI=1S/C12H11IN2/c1-12(2,10(7-14)8-15)9-3-5-11(13)6-4-9/h3-6,10H,1-2H3. The van der Waals surface area contributed by atoms with E-state index in [1.165, 1.54) is 0 Å². The van der Waals surface area contributed by atoms with Crippen LogP contribution in [0.25, 0.3) is 0 Å². The Morgan fingerprint density at radius 1 is 1.13 bits per heavy atom. The van der Waals surface area contributed by atoms with Gasteiger partial charge in [-0.1, -0.05) is 26.0 Å². The first-order valence-electron chi connectivity index (χ1n) is 4.57. The van der Waals surface area contributed by atoms with Crippen molar-refractivity contribution in [2.75, 3.05) is 0 Å². The molecule has 0 spiro atoms. The predicted octanol–water partition coefficient (Wildman–Crippen LogP) is 3.23. The lowest BCUT2D eigenvalue weighted by Gasteiger charge is -2.25. The summed E-state index contributed by atoms with van der Waals surface area (Å²) in [5.41, 5.74) is 0.601. The molecule has 0 N–H and O–H groups in total. The molecule has 3 heteroatoms. The Hall–Kier alpha value is -1.07.